The Bertz CT molecular complexity index is 882. The summed E-state index contributed by atoms with van der Waals surface area (Å²) in [6.45, 7) is 0. The van der Waals surface area contributed by atoms with E-state index in [1.165, 1.54) is 31.5 Å². The fourth-order valence-electron chi connectivity index (χ4n) is 2.28. The zero-order valence-electron chi connectivity index (χ0n) is 14.1. The van der Waals surface area contributed by atoms with E-state index in [0.29, 0.717) is 0 Å². The molecule has 0 bridgehead atoms. The van der Waals surface area contributed by atoms with Gasteiger partial charge in [-0.25, -0.2) is 9.97 Å². The first kappa shape index (κ1) is 18.6. The number of nitrogens with zero attached hydrogens (tertiary/aromatic N) is 2. The average molecular weight is 380 g/mol. The van der Waals surface area contributed by atoms with Crippen LogP contribution in [0.4, 0.5) is 24.7 Å². The normalized spacial score (nSPS) is 13.8. The summed E-state index contributed by atoms with van der Waals surface area (Å²) < 4.78 is 44.2. The lowest BCUT2D eigenvalue weighted by atomic mass is 10.2. The third kappa shape index (κ3) is 4.52. The summed E-state index contributed by atoms with van der Waals surface area (Å²) in [5, 5.41) is 4.76. The summed E-state index contributed by atoms with van der Waals surface area (Å²) in [6, 6.07) is 4.88. The lowest BCUT2D eigenvalue weighted by Crippen LogP contribution is -2.19. The maximum absolute atomic E-state index is 13.2. The largest absolute Gasteiger partial charge is 0.481 e. The molecule has 0 aromatic carbocycles. The van der Waals surface area contributed by atoms with Crippen molar-refractivity contribution in [2.45, 2.75) is 19.0 Å². The first-order valence-electron chi connectivity index (χ1n) is 7.98. The lowest BCUT2D eigenvalue weighted by Gasteiger charge is -2.14. The lowest BCUT2D eigenvalue weighted by molar-refractivity contribution is -0.140. The summed E-state index contributed by atoms with van der Waals surface area (Å²) in [4.78, 5) is 31.4. The number of anilines is 2. The van der Waals surface area contributed by atoms with Gasteiger partial charge in [0.25, 0.3) is 5.91 Å². The molecule has 3 rings (SSSR count). The van der Waals surface area contributed by atoms with Gasteiger partial charge < -0.3 is 15.4 Å². The average Bonchev–Trinajstić information content (AvgIpc) is 3.46. The quantitative estimate of drug-likeness (QED) is 0.831. The molecule has 0 spiro atoms. The van der Waals surface area contributed by atoms with Gasteiger partial charge in [0.05, 0.1) is 12.8 Å². The highest BCUT2D eigenvalue weighted by atomic mass is 19.4. The Kier molecular flexibility index (Phi) is 4.98. The van der Waals surface area contributed by atoms with Crippen LogP contribution in [0.1, 0.15) is 28.9 Å². The van der Waals surface area contributed by atoms with Gasteiger partial charge in [-0.2, -0.15) is 13.2 Å². The van der Waals surface area contributed by atoms with Crippen molar-refractivity contribution in [1.82, 2.24) is 9.97 Å². The molecule has 2 amide bonds. The number of rotatable bonds is 5. The van der Waals surface area contributed by atoms with Crippen LogP contribution in [-0.2, 0) is 11.0 Å². The second kappa shape index (κ2) is 7.22. The van der Waals surface area contributed by atoms with Gasteiger partial charge in [-0.1, -0.05) is 0 Å². The molecule has 2 N–H and O–H groups in total. The Hall–Kier alpha value is -3.17. The van der Waals surface area contributed by atoms with Crippen LogP contribution in [0.2, 0.25) is 0 Å². The number of alkyl halides is 3. The first-order chi connectivity index (χ1) is 12.8. The minimum Gasteiger partial charge on any atom is -0.481 e. The van der Waals surface area contributed by atoms with E-state index in [4.69, 9.17) is 4.74 Å². The molecule has 2 aromatic heterocycles. The molecule has 1 fully saturated rings. The molecular weight excluding hydrogens is 365 g/mol. The number of hydrogen-bond acceptors (Lipinski definition) is 5. The molecule has 0 unspecified atom stereocenters. The molecule has 0 aliphatic heterocycles. The maximum atomic E-state index is 13.2. The van der Waals surface area contributed by atoms with Crippen molar-refractivity contribution in [2.75, 3.05) is 17.7 Å². The number of halogens is 3. The number of carbonyl (C=O) groups is 2. The van der Waals surface area contributed by atoms with E-state index in [-0.39, 0.29) is 29.1 Å². The number of methoxy groups -OCH3 is 1. The van der Waals surface area contributed by atoms with Crippen molar-refractivity contribution < 1.29 is 27.5 Å². The van der Waals surface area contributed by atoms with Crippen LogP contribution < -0.4 is 15.4 Å². The third-order valence-corrected chi connectivity index (χ3v) is 3.82. The van der Waals surface area contributed by atoms with Crippen LogP contribution >= 0.6 is 0 Å². The van der Waals surface area contributed by atoms with Crippen LogP contribution in [0.25, 0.3) is 0 Å². The van der Waals surface area contributed by atoms with Gasteiger partial charge in [-0.15, -0.1) is 0 Å². The molecule has 142 valence electrons. The SMILES string of the molecule is COc1ccc(NC(=O)c2ccnc(NC(=O)C3CC3)c2)c(C(F)(F)F)n1. The van der Waals surface area contributed by atoms with Gasteiger partial charge in [0.2, 0.25) is 11.8 Å². The molecule has 1 saturated carbocycles. The maximum Gasteiger partial charge on any atom is 0.435 e. The van der Waals surface area contributed by atoms with Crippen molar-refractivity contribution in [3.05, 3.63) is 41.7 Å². The summed E-state index contributed by atoms with van der Waals surface area (Å²) in [5.41, 5.74) is -1.74. The molecule has 7 nitrogen and oxygen atoms in total. The third-order valence-electron chi connectivity index (χ3n) is 3.82. The van der Waals surface area contributed by atoms with Gasteiger partial charge >= 0.3 is 6.18 Å². The Balaban J connectivity index is 1.80. The molecule has 2 aromatic rings. The molecule has 2 heterocycles. The highest BCUT2D eigenvalue weighted by molar-refractivity contribution is 6.05. The summed E-state index contributed by atoms with van der Waals surface area (Å²) >= 11 is 0. The molecular formula is C17H15F3N4O3. The molecule has 0 atom stereocenters. The zero-order chi connectivity index (χ0) is 19.6. The number of amides is 2. The van der Waals surface area contributed by atoms with Gasteiger partial charge in [-0.3, -0.25) is 9.59 Å². The molecule has 10 heteroatoms. The number of carbonyl (C=O) groups excluding carboxylic acids is 2. The molecule has 1 aliphatic rings. The van der Waals surface area contributed by atoms with Crippen LogP contribution in [-0.4, -0.2) is 28.9 Å². The minimum absolute atomic E-state index is 0.0417. The van der Waals surface area contributed by atoms with Crippen molar-refractivity contribution in [1.29, 1.82) is 0 Å². The fourth-order valence-corrected chi connectivity index (χ4v) is 2.28. The van der Waals surface area contributed by atoms with E-state index in [2.05, 4.69) is 20.6 Å². The van der Waals surface area contributed by atoms with Gasteiger partial charge in [0.15, 0.2) is 5.69 Å². The Morgan fingerprint density at radius 3 is 2.56 bits per heavy atom. The van der Waals surface area contributed by atoms with Crippen molar-refractivity contribution in [2.24, 2.45) is 5.92 Å². The molecule has 1 aliphatic carbocycles. The van der Waals surface area contributed by atoms with Gasteiger partial charge in [0, 0.05) is 23.7 Å². The molecule has 27 heavy (non-hydrogen) atoms. The minimum atomic E-state index is -4.78. The summed E-state index contributed by atoms with van der Waals surface area (Å²) in [5.74, 6) is -1.11. The van der Waals surface area contributed by atoms with E-state index in [1.54, 1.807) is 0 Å². The van der Waals surface area contributed by atoms with Crippen molar-refractivity contribution in [3.8, 4) is 5.88 Å². The van der Waals surface area contributed by atoms with E-state index in [1.807, 2.05) is 0 Å². The zero-order valence-corrected chi connectivity index (χ0v) is 14.1. The Morgan fingerprint density at radius 2 is 1.93 bits per heavy atom. The van der Waals surface area contributed by atoms with Crippen molar-refractivity contribution >= 4 is 23.3 Å². The first-order valence-corrected chi connectivity index (χ1v) is 7.98. The summed E-state index contributed by atoms with van der Waals surface area (Å²) in [6.07, 6.45) is -1.89. The number of nitrogens with one attached hydrogen (secondary N) is 2. The number of ether oxygens (including phenoxy) is 1. The van der Waals surface area contributed by atoms with Crippen LogP contribution in [0, 0.1) is 5.92 Å². The molecule has 0 radical (unpaired) electrons. The smallest absolute Gasteiger partial charge is 0.435 e. The Morgan fingerprint density at radius 1 is 1.19 bits per heavy atom. The number of hydrogen-bond donors (Lipinski definition) is 2. The predicted octanol–water partition coefficient (Wildman–Crippen LogP) is 3.10. The standard InChI is InChI=1S/C17H15F3N4O3/c1-27-13-5-4-11(14(24-13)17(18,19)20)22-16(26)10-6-7-21-12(8-10)23-15(25)9-2-3-9/h4-9H,2-3H2,1H3,(H,22,26)(H,21,23,25). The monoisotopic (exact) mass is 380 g/mol. The van der Waals surface area contributed by atoms with E-state index >= 15 is 0 Å². The number of pyridine rings is 2. The number of aromatic nitrogens is 2. The highest BCUT2D eigenvalue weighted by Crippen LogP contribution is 2.35. The topological polar surface area (TPSA) is 93.2 Å². The second-order valence-electron chi connectivity index (χ2n) is 5.89. The van der Waals surface area contributed by atoms with Crippen LogP contribution in [0.3, 0.4) is 0 Å². The summed E-state index contributed by atoms with van der Waals surface area (Å²) in [7, 11) is 1.19. The van der Waals surface area contributed by atoms with Gasteiger partial charge in [-0.05, 0) is 31.0 Å². The molecule has 0 saturated heterocycles. The fraction of sp³-hybridized carbons (Fsp3) is 0.294. The Labute approximate surface area is 152 Å². The van der Waals surface area contributed by atoms with Crippen LogP contribution in [0.15, 0.2) is 30.5 Å². The van der Waals surface area contributed by atoms with E-state index in [0.717, 1.165) is 18.9 Å². The van der Waals surface area contributed by atoms with E-state index < -0.39 is 23.5 Å². The highest BCUT2D eigenvalue weighted by Gasteiger charge is 2.36. The van der Waals surface area contributed by atoms with Crippen molar-refractivity contribution in [3.63, 3.8) is 0 Å². The van der Waals surface area contributed by atoms with Crippen LogP contribution in [0.5, 0.6) is 5.88 Å². The second-order valence-corrected chi connectivity index (χ2v) is 5.89. The predicted molar refractivity (Wildman–Crippen MR) is 89.3 cm³/mol. The van der Waals surface area contributed by atoms with E-state index in [9.17, 15) is 22.8 Å². The van der Waals surface area contributed by atoms with Gasteiger partial charge in [0.1, 0.15) is 5.82 Å².